The molecule has 9 heteroatoms. The lowest BCUT2D eigenvalue weighted by molar-refractivity contribution is -0.131. The molecule has 2 heterocycles. The summed E-state index contributed by atoms with van der Waals surface area (Å²) in [6.07, 6.45) is 2.00. The second-order valence-electron chi connectivity index (χ2n) is 5.48. The van der Waals surface area contributed by atoms with Gasteiger partial charge in [-0.2, -0.15) is 5.10 Å². The zero-order valence-corrected chi connectivity index (χ0v) is 14.3. The molecule has 1 aromatic heterocycles. The van der Waals surface area contributed by atoms with E-state index in [1.54, 1.807) is 44.7 Å². The first-order valence-corrected chi connectivity index (χ1v) is 7.84. The smallest absolute Gasteiger partial charge is 0.249 e. The van der Waals surface area contributed by atoms with E-state index in [1.807, 2.05) is 6.07 Å². The number of nitrogens with zero attached hydrogens (tertiary/aromatic N) is 5. The van der Waals surface area contributed by atoms with E-state index in [9.17, 15) is 4.79 Å². The van der Waals surface area contributed by atoms with E-state index in [0.29, 0.717) is 29.4 Å². The first-order chi connectivity index (χ1) is 12.7. The van der Waals surface area contributed by atoms with Crippen LogP contribution in [0.2, 0.25) is 0 Å². The Bertz CT molecular complexity index is 871. The fraction of sp³-hybridized carbons (Fsp3) is 0.294. The molecular formula is C17H17N5O4. The third kappa shape index (κ3) is 3.33. The molecule has 3 rings (SSSR count). The lowest BCUT2D eigenvalue weighted by Crippen LogP contribution is -2.28. The summed E-state index contributed by atoms with van der Waals surface area (Å²) in [7, 11) is 3.12. The number of carbonyl (C=O) groups excluding carboxylic acids is 1. The molecule has 0 spiro atoms. The minimum Gasteiger partial charge on any atom is -0.493 e. The molecule has 0 saturated heterocycles. The molecule has 0 N–H and O–H groups in total. The molecule has 0 fully saturated rings. The number of methoxy groups -OCH3 is 2. The Kier molecular flexibility index (Phi) is 5.09. The van der Waals surface area contributed by atoms with Gasteiger partial charge in [0.05, 0.1) is 26.2 Å². The van der Waals surface area contributed by atoms with Crippen molar-refractivity contribution in [1.29, 1.82) is 0 Å². The van der Waals surface area contributed by atoms with Crippen molar-refractivity contribution in [1.82, 2.24) is 5.01 Å². The van der Waals surface area contributed by atoms with Crippen LogP contribution < -0.4 is 9.47 Å². The lowest BCUT2D eigenvalue weighted by atomic mass is 10.0. The molecule has 1 aliphatic heterocycles. The van der Waals surface area contributed by atoms with Crippen molar-refractivity contribution in [2.45, 2.75) is 12.5 Å². The van der Waals surface area contributed by atoms with Crippen molar-refractivity contribution < 1.29 is 18.7 Å². The number of hydrazone groups is 1. The van der Waals surface area contributed by atoms with Gasteiger partial charge in [-0.15, -0.1) is 0 Å². The molecule has 1 atom stereocenters. The predicted molar refractivity (Wildman–Crippen MR) is 93.0 cm³/mol. The maximum atomic E-state index is 12.4. The average Bonchev–Trinajstić information content (AvgIpc) is 3.34. The molecule has 1 amide bonds. The largest absolute Gasteiger partial charge is 0.493 e. The van der Waals surface area contributed by atoms with Gasteiger partial charge in [-0.05, 0) is 35.9 Å². The number of hydrogen-bond donors (Lipinski definition) is 0. The van der Waals surface area contributed by atoms with E-state index in [0.717, 1.165) is 5.56 Å². The Morgan fingerprint density at radius 3 is 2.85 bits per heavy atom. The third-order valence-electron chi connectivity index (χ3n) is 4.02. The van der Waals surface area contributed by atoms with Gasteiger partial charge in [0.1, 0.15) is 18.3 Å². The van der Waals surface area contributed by atoms with E-state index < -0.39 is 11.9 Å². The highest BCUT2D eigenvalue weighted by Gasteiger charge is 2.34. The second kappa shape index (κ2) is 7.62. The highest BCUT2D eigenvalue weighted by atomic mass is 16.5. The van der Waals surface area contributed by atoms with Gasteiger partial charge in [0, 0.05) is 16.9 Å². The number of rotatable bonds is 6. The zero-order valence-electron chi connectivity index (χ0n) is 14.3. The summed E-state index contributed by atoms with van der Waals surface area (Å²) in [5, 5.41) is 9.08. The van der Waals surface area contributed by atoms with Crippen molar-refractivity contribution in [3.05, 3.63) is 58.4 Å². The molecule has 0 bridgehead atoms. The molecule has 134 valence electrons. The number of hydrogen-bond acceptors (Lipinski definition) is 6. The summed E-state index contributed by atoms with van der Waals surface area (Å²) in [6.45, 7) is -0.309. The Labute approximate surface area is 149 Å². The van der Waals surface area contributed by atoms with Crippen LogP contribution in [0.5, 0.6) is 11.5 Å². The zero-order chi connectivity index (χ0) is 18.5. The van der Waals surface area contributed by atoms with Crippen LogP contribution in [0, 0.1) is 0 Å². The highest BCUT2D eigenvalue weighted by Crippen LogP contribution is 2.35. The molecule has 1 aliphatic rings. The third-order valence-corrected chi connectivity index (χ3v) is 4.02. The van der Waals surface area contributed by atoms with Crippen LogP contribution in [-0.4, -0.2) is 37.4 Å². The Morgan fingerprint density at radius 1 is 1.38 bits per heavy atom. The monoisotopic (exact) mass is 355 g/mol. The van der Waals surface area contributed by atoms with Gasteiger partial charge in [0.2, 0.25) is 5.91 Å². The normalized spacial score (nSPS) is 16.0. The van der Waals surface area contributed by atoms with Crippen LogP contribution in [-0.2, 0) is 4.79 Å². The SMILES string of the molecule is COc1ccc(C2=NN(C(=O)CN=[N+]=[N-])C(c3ccco3)C2)cc1OC. The van der Waals surface area contributed by atoms with Gasteiger partial charge >= 0.3 is 0 Å². The van der Waals surface area contributed by atoms with Crippen LogP contribution in [0.15, 0.2) is 51.2 Å². The van der Waals surface area contributed by atoms with E-state index in [2.05, 4.69) is 15.1 Å². The topological polar surface area (TPSA) is 113 Å². The Morgan fingerprint density at radius 2 is 2.19 bits per heavy atom. The van der Waals surface area contributed by atoms with Crippen LogP contribution in [0.1, 0.15) is 23.8 Å². The maximum Gasteiger partial charge on any atom is 0.249 e. The Balaban J connectivity index is 1.94. The average molecular weight is 355 g/mol. The van der Waals surface area contributed by atoms with Crippen LogP contribution in [0.25, 0.3) is 10.4 Å². The number of carbonyl (C=O) groups is 1. The summed E-state index contributed by atoms with van der Waals surface area (Å²) in [4.78, 5) is 15.0. The summed E-state index contributed by atoms with van der Waals surface area (Å²) in [6, 6.07) is 8.57. The van der Waals surface area contributed by atoms with E-state index in [1.165, 1.54) is 5.01 Å². The second-order valence-corrected chi connectivity index (χ2v) is 5.48. The molecule has 0 aliphatic carbocycles. The molecule has 1 unspecified atom stereocenters. The fourth-order valence-electron chi connectivity index (χ4n) is 2.80. The van der Waals surface area contributed by atoms with Gasteiger partial charge < -0.3 is 13.9 Å². The van der Waals surface area contributed by atoms with E-state index in [-0.39, 0.29) is 6.54 Å². The van der Waals surface area contributed by atoms with Crippen LogP contribution in [0.4, 0.5) is 0 Å². The van der Waals surface area contributed by atoms with E-state index >= 15 is 0 Å². The molecule has 1 aromatic carbocycles. The molecular weight excluding hydrogens is 338 g/mol. The maximum absolute atomic E-state index is 12.4. The number of benzene rings is 1. The predicted octanol–water partition coefficient (Wildman–Crippen LogP) is 3.28. The summed E-state index contributed by atoms with van der Waals surface area (Å²) in [5.74, 6) is 1.38. The fourth-order valence-corrected chi connectivity index (χ4v) is 2.80. The molecule has 0 radical (unpaired) electrons. The highest BCUT2D eigenvalue weighted by molar-refractivity contribution is 6.03. The number of amides is 1. The first-order valence-electron chi connectivity index (χ1n) is 7.84. The summed E-state index contributed by atoms with van der Waals surface area (Å²) >= 11 is 0. The van der Waals surface area contributed by atoms with Gasteiger partial charge in [-0.1, -0.05) is 5.11 Å². The number of ether oxygens (including phenoxy) is 2. The van der Waals surface area contributed by atoms with Gasteiger partial charge in [0.25, 0.3) is 0 Å². The number of furan rings is 1. The van der Waals surface area contributed by atoms with Crippen molar-refractivity contribution in [2.75, 3.05) is 20.8 Å². The van der Waals surface area contributed by atoms with Crippen molar-refractivity contribution in [3.63, 3.8) is 0 Å². The van der Waals surface area contributed by atoms with Gasteiger partial charge in [0.15, 0.2) is 11.5 Å². The van der Waals surface area contributed by atoms with Crippen molar-refractivity contribution in [3.8, 4) is 11.5 Å². The quantitative estimate of drug-likeness (QED) is 0.449. The molecule has 2 aromatic rings. The van der Waals surface area contributed by atoms with Crippen LogP contribution in [0.3, 0.4) is 0 Å². The molecule has 9 nitrogen and oxygen atoms in total. The number of azide groups is 1. The van der Waals surface area contributed by atoms with Gasteiger partial charge in [-0.3, -0.25) is 4.79 Å². The standard InChI is InChI=1S/C17H17N5O4/c1-24-15-6-5-11(8-16(15)25-2)12-9-13(14-4-3-7-26-14)22(20-12)17(23)10-19-21-18/h3-8,13H,9-10H2,1-2H3. The van der Waals surface area contributed by atoms with Crippen molar-refractivity contribution >= 4 is 11.6 Å². The summed E-state index contributed by atoms with van der Waals surface area (Å²) in [5.41, 5.74) is 9.95. The van der Waals surface area contributed by atoms with Gasteiger partial charge in [-0.25, -0.2) is 5.01 Å². The Hall–Kier alpha value is -3.45. The van der Waals surface area contributed by atoms with Crippen LogP contribution >= 0.6 is 0 Å². The lowest BCUT2D eigenvalue weighted by Gasteiger charge is -2.18. The molecule has 26 heavy (non-hydrogen) atoms. The minimum atomic E-state index is -0.403. The van der Waals surface area contributed by atoms with Crippen molar-refractivity contribution in [2.24, 2.45) is 10.2 Å². The minimum absolute atomic E-state index is 0.309. The summed E-state index contributed by atoms with van der Waals surface area (Å²) < 4.78 is 16.0. The molecule has 0 saturated carbocycles. The first kappa shape index (κ1) is 17.4. The van der Waals surface area contributed by atoms with E-state index in [4.69, 9.17) is 19.4 Å².